The summed E-state index contributed by atoms with van der Waals surface area (Å²) in [7, 11) is 5.62. The first kappa shape index (κ1) is 23.7. The predicted molar refractivity (Wildman–Crippen MR) is 120 cm³/mol. The summed E-state index contributed by atoms with van der Waals surface area (Å²) in [4.78, 5) is 21.0. The minimum absolute atomic E-state index is 0. The van der Waals surface area contributed by atoms with Crippen LogP contribution in [0.15, 0.2) is 29.3 Å². The molecule has 6 nitrogen and oxygen atoms in total. The summed E-state index contributed by atoms with van der Waals surface area (Å²) in [6.07, 6.45) is 1.63. The van der Waals surface area contributed by atoms with Crippen LogP contribution >= 0.6 is 24.0 Å². The molecule has 0 unspecified atom stereocenters. The second-order valence-corrected chi connectivity index (χ2v) is 6.96. The van der Waals surface area contributed by atoms with Crippen molar-refractivity contribution in [3.05, 3.63) is 35.4 Å². The lowest BCUT2D eigenvalue weighted by Crippen LogP contribution is -2.46. The summed E-state index contributed by atoms with van der Waals surface area (Å²) in [5, 5.41) is 3.39. The number of piperidine rings is 1. The fourth-order valence-corrected chi connectivity index (χ4v) is 3.29. The smallest absolute Gasteiger partial charge is 0.308 e. The highest BCUT2D eigenvalue weighted by Gasteiger charge is 2.26. The van der Waals surface area contributed by atoms with Gasteiger partial charge in [0.05, 0.1) is 19.6 Å². The number of halogens is 1. The van der Waals surface area contributed by atoms with E-state index >= 15 is 0 Å². The number of carbonyl (C=O) groups excluding carboxylic acids is 1. The van der Waals surface area contributed by atoms with Crippen molar-refractivity contribution in [2.75, 3.05) is 40.8 Å². The molecule has 27 heavy (non-hydrogen) atoms. The van der Waals surface area contributed by atoms with E-state index in [0.29, 0.717) is 6.54 Å². The normalized spacial score (nSPS) is 15.4. The summed E-state index contributed by atoms with van der Waals surface area (Å²) in [5.41, 5.74) is 2.56. The molecular formula is C20H33IN4O2. The minimum Gasteiger partial charge on any atom is -0.469 e. The quantitative estimate of drug-likeness (QED) is 0.289. The first-order valence-corrected chi connectivity index (χ1v) is 9.37. The monoisotopic (exact) mass is 488 g/mol. The van der Waals surface area contributed by atoms with Crippen molar-refractivity contribution in [2.45, 2.75) is 32.9 Å². The van der Waals surface area contributed by atoms with Crippen LogP contribution in [0.3, 0.4) is 0 Å². The van der Waals surface area contributed by atoms with Gasteiger partial charge in [-0.3, -0.25) is 4.79 Å². The van der Waals surface area contributed by atoms with Crippen LogP contribution in [0.25, 0.3) is 0 Å². The van der Waals surface area contributed by atoms with Gasteiger partial charge in [-0.2, -0.15) is 0 Å². The molecule has 7 heteroatoms. The molecule has 1 fully saturated rings. The number of hydrogen-bond donors (Lipinski definition) is 1. The van der Waals surface area contributed by atoms with Crippen LogP contribution in [-0.2, 0) is 22.6 Å². The molecule has 2 rings (SSSR count). The highest BCUT2D eigenvalue weighted by Crippen LogP contribution is 2.19. The standard InChI is InChI=1S/C20H32N4O2.HI/c1-5-21-20(24-12-10-16(11-13-24)19(25)26-4)22-14-17-8-6-7-9-18(17)15-23(2)3;/h6-9,16H,5,10-15H2,1-4H3,(H,21,22);1H. The van der Waals surface area contributed by atoms with Gasteiger partial charge < -0.3 is 19.9 Å². The van der Waals surface area contributed by atoms with Crippen LogP contribution in [-0.4, -0.2) is 62.6 Å². The number of likely N-dealkylation sites (tertiary alicyclic amines) is 1. The zero-order chi connectivity index (χ0) is 18.9. The Hall–Kier alpha value is -1.35. The molecule has 0 atom stereocenters. The van der Waals surface area contributed by atoms with Gasteiger partial charge in [0.2, 0.25) is 0 Å². The number of carbonyl (C=O) groups is 1. The number of esters is 1. The van der Waals surface area contributed by atoms with Crippen molar-refractivity contribution in [1.29, 1.82) is 0 Å². The third kappa shape index (κ3) is 7.29. The van der Waals surface area contributed by atoms with Crippen molar-refractivity contribution in [1.82, 2.24) is 15.1 Å². The van der Waals surface area contributed by atoms with Crippen LogP contribution in [0.4, 0.5) is 0 Å². The van der Waals surface area contributed by atoms with Gasteiger partial charge in [0, 0.05) is 26.2 Å². The lowest BCUT2D eigenvalue weighted by molar-refractivity contribution is -0.146. The first-order chi connectivity index (χ1) is 12.5. The molecule has 1 aliphatic rings. The maximum absolute atomic E-state index is 11.7. The molecule has 1 aromatic rings. The van der Waals surface area contributed by atoms with Gasteiger partial charge in [0.25, 0.3) is 0 Å². The van der Waals surface area contributed by atoms with Crippen LogP contribution in [0, 0.1) is 5.92 Å². The number of rotatable bonds is 6. The Morgan fingerprint density at radius 2 is 1.89 bits per heavy atom. The van der Waals surface area contributed by atoms with E-state index in [1.54, 1.807) is 0 Å². The Morgan fingerprint density at radius 3 is 2.44 bits per heavy atom. The van der Waals surface area contributed by atoms with Gasteiger partial charge in [-0.05, 0) is 45.0 Å². The predicted octanol–water partition coefficient (Wildman–Crippen LogP) is 2.72. The zero-order valence-corrected chi connectivity index (χ0v) is 19.2. The summed E-state index contributed by atoms with van der Waals surface area (Å²) in [6, 6.07) is 8.46. The Kier molecular flexibility index (Phi) is 10.7. The molecule has 1 heterocycles. The average Bonchev–Trinajstić information content (AvgIpc) is 2.65. The average molecular weight is 488 g/mol. The summed E-state index contributed by atoms with van der Waals surface area (Å²) in [5.74, 6) is 0.847. The number of nitrogens with one attached hydrogen (secondary N) is 1. The summed E-state index contributed by atoms with van der Waals surface area (Å²) < 4.78 is 4.88. The SMILES string of the molecule is CCNC(=NCc1ccccc1CN(C)C)N1CCC(C(=O)OC)CC1.I. The van der Waals surface area contributed by atoms with Crippen molar-refractivity contribution >= 4 is 35.9 Å². The van der Waals surface area contributed by atoms with E-state index in [-0.39, 0.29) is 35.9 Å². The van der Waals surface area contributed by atoms with Crippen LogP contribution in [0.5, 0.6) is 0 Å². The van der Waals surface area contributed by atoms with Crippen molar-refractivity contribution in [2.24, 2.45) is 10.9 Å². The fraction of sp³-hybridized carbons (Fsp3) is 0.600. The van der Waals surface area contributed by atoms with E-state index < -0.39 is 0 Å². The summed E-state index contributed by atoms with van der Waals surface area (Å²) >= 11 is 0. The molecule has 0 aliphatic carbocycles. The molecule has 0 radical (unpaired) electrons. The number of nitrogens with zero attached hydrogens (tertiary/aromatic N) is 3. The molecular weight excluding hydrogens is 455 g/mol. The molecule has 0 amide bonds. The van der Waals surface area contributed by atoms with Gasteiger partial charge in [0.1, 0.15) is 0 Å². The van der Waals surface area contributed by atoms with Gasteiger partial charge in [-0.15, -0.1) is 24.0 Å². The topological polar surface area (TPSA) is 57.2 Å². The highest BCUT2D eigenvalue weighted by molar-refractivity contribution is 14.0. The molecule has 1 aliphatic heterocycles. The lowest BCUT2D eigenvalue weighted by Gasteiger charge is -2.33. The van der Waals surface area contributed by atoms with Gasteiger partial charge in [-0.1, -0.05) is 24.3 Å². The number of methoxy groups -OCH3 is 1. The molecule has 0 spiro atoms. The lowest BCUT2D eigenvalue weighted by atomic mass is 9.97. The Morgan fingerprint density at radius 1 is 1.26 bits per heavy atom. The fourth-order valence-electron chi connectivity index (χ4n) is 3.29. The second kappa shape index (κ2) is 12.2. The number of aliphatic imine (C=N–C) groups is 1. The Bertz CT molecular complexity index is 614. The molecule has 1 N–H and O–H groups in total. The maximum atomic E-state index is 11.7. The van der Waals surface area contributed by atoms with Crippen molar-refractivity contribution in [3.8, 4) is 0 Å². The van der Waals surface area contributed by atoms with Crippen LogP contribution in [0.1, 0.15) is 30.9 Å². The number of ether oxygens (including phenoxy) is 1. The van der Waals surface area contributed by atoms with E-state index in [0.717, 1.165) is 45.0 Å². The van der Waals surface area contributed by atoms with Crippen molar-refractivity contribution < 1.29 is 9.53 Å². The largest absolute Gasteiger partial charge is 0.469 e. The number of guanidine groups is 1. The number of hydrogen-bond acceptors (Lipinski definition) is 4. The van der Waals surface area contributed by atoms with Crippen molar-refractivity contribution in [3.63, 3.8) is 0 Å². The maximum Gasteiger partial charge on any atom is 0.308 e. The van der Waals surface area contributed by atoms with Gasteiger partial charge in [0.15, 0.2) is 5.96 Å². The molecule has 0 aromatic heterocycles. The highest BCUT2D eigenvalue weighted by atomic mass is 127. The Balaban J connectivity index is 0.00000364. The van der Waals surface area contributed by atoms with Gasteiger partial charge in [-0.25, -0.2) is 4.99 Å². The molecule has 0 saturated carbocycles. The molecule has 1 aromatic carbocycles. The van der Waals surface area contributed by atoms with Crippen LogP contribution in [0.2, 0.25) is 0 Å². The Labute approximate surface area is 180 Å². The van der Waals surface area contributed by atoms with E-state index in [2.05, 4.69) is 60.4 Å². The van der Waals surface area contributed by atoms with Crippen LogP contribution < -0.4 is 5.32 Å². The van der Waals surface area contributed by atoms with E-state index in [4.69, 9.17) is 9.73 Å². The van der Waals surface area contributed by atoms with E-state index in [1.165, 1.54) is 18.2 Å². The first-order valence-electron chi connectivity index (χ1n) is 9.37. The number of benzene rings is 1. The van der Waals surface area contributed by atoms with Gasteiger partial charge >= 0.3 is 5.97 Å². The third-order valence-corrected chi connectivity index (χ3v) is 4.67. The third-order valence-electron chi connectivity index (χ3n) is 4.67. The zero-order valence-electron chi connectivity index (χ0n) is 16.9. The van der Waals surface area contributed by atoms with E-state index in [9.17, 15) is 4.79 Å². The molecule has 0 bridgehead atoms. The summed E-state index contributed by atoms with van der Waals surface area (Å²) in [6.45, 7) is 6.12. The molecule has 1 saturated heterocycles. The molecule has 152 valence electrons. The van der Waals surface area contributed by atoms with E-state index in [1.807, 2.05) is 0 Å². The second-order valence-electron chi connectivity index (χ2n) is 6.96. The minimum atomic E-state index is -0.0933.